The zero-order valence-corrected chi connectivity index (χ0v) is 21.9. The van der Waals surface area contributed by atoms with Crippen molar-refractivity contribution in [2.24, 2.45) is 5.73 Å². The first kappa shape index (κ1) is 28.2. The summed E-state index contributed by atoms with van der Waals surface area (Å²) in [5.74, 6) is -0.0141. The van der Waals surface area contributed by atoms with Crippen LogP contribution in [0.1, 0.15) is 56.8 Å². The van der Waals surface area contributed by atoms with Crippen molar-refractivity contribution in [3.8, 4) is 5.75 Å². The Balaban J connectivity index is 2.15. The average Bonchev–Trinajstić information content (AvgIpc) is 2.77. The van der Waals surface area contributed by atoms with Gasteiger partial charge in [0.2, 0.25) is 5.78 Å². The first-order chi connectivity index (χ1) is 15.8. The number of nitrogen functional groups attached to an aromatic ring is 1. The lowest BCUT2D eigenvalue weighted by Crippen LogP contribution is -2.71. The van der Waals surface area contributed by atoms with Gasteiger partial charge in [-0.25, -0.2) is 4.79 Å². The normalized spacial score (nSPS) is 21.2. The number of Topliss-reactive ketones (excluding diaryl/α,β-unsaturated/α-hetero) is 1. The van der Waals surface area contributed by atoms with Gasteiger partial charge in [0.15, 0.2) is 5.66 Å². The number of anilines is 1. The largest absolute Gasteiger partial charge is 0.496 e. The first-order valence-electron chi connectivity index (χ1n) is 11.5. The number of hydrogen-bond donors (Lipinski definition) is 2. The van der Waals surface area contributed by atoms with Crippen molar-refractivity contribution in [3.05, 3.63) is 22.7 Å². The van der Waals surface area contributed by atoms with Gasteiger partial charge in [-0.15, -0.1) is 0 Å². The van der Waals surface area contributed by atoms with Crippen LogP contribution in [0.5, 0.6) is 5.75 Å². The predicted molar refractivity (Wildman–Crippen MR) is 133 cm³/mol. The number of ether oxygens (including phenoxy) is 3. The average molecular weight is 499 g/mol. The Morgan fingerprint density at radius 2 is 1.94 bits per heavy atom. The number of carbonyl (C=O) groups excluding carboxylic acids is 2. The highest BCUT2D eigenvalue weighted by atomic mass is 35.5. The molecule has 0 spiro atoms. The number of ketones is 1. The number of methoxy groups -OCH3 is 2. The molecule has 1 aromatic carbocycles. The molecule has 0 aromatic heterocycles. The van der Waals surface area contributed by atoms with Crippen molar-refractivity contribution in [3.63, 3.8) is 0 Å². The van der Waals surface area contributed by atoms with E-state index >= 15 is 0 Å². The zero-order valence-electron chi connectivity index (χ0n) is 21.2. The number of rotatable bonds is 9. The lowest BCUT2D eigenvalue weighted by atomic mass is 9.85. The van der Waals surface area contributed by atoms with Gasteiger partial charge in [-0.3, -0.25) is 9.69 Å². The van der Waals surface area contributed by atoms with Gasteiger partial charge in [0.1, 0.15) is 11.4 Å². The number of nitrogens with zero attached hydrogens (tertiary/aromatic N) is 2. The van der Waals surface area contributed by atoms with Gasteiger partial charge in [0.25, 0.3) is 0 Å². The van der Waals surface area contributed by atoms with E-state index < -0.39 is 17.4 Å². The minimum Gasteiger partial charge on any atom is -0.496 e. The Kier molecular flexibility index (Phi) is 9.59. The summed E-state index contributed by atoms with van der Waals surface area (Å²) in [6.07, 6.45) is 2.10. The predicted octanol–water partition coefficient (Wildman–Crippen LogP) is 3.53. The number of nitrogens with two attached hydrogens (primary N) is 2. The van der Waals surface area contributed by atoms with Gasteiger partial charge in [-0.05, 0) is 52.5 Å². The molecular weight excluding hydrogens is 460 g/mol. The summed E-state index contributed by atoms with van der Waals surface area (Å²) in [7, 11) is 4.74. The monoisotopic (exact) mass is 498 g/mol. The summed E-state index contributed by atoms with van der Waals surface area (Å²) < 4.78 is 16.5. The molecule has 1 aliphatic rings. The highest BCUT2D eigenvalue weighted by molar-refractivity contribution is 6.33. The van der Waals surface area contributed by atoms with E-state index in [1.54, 1.807) is 19.1 Å². The molecule has 0 unspecified atom stereocenters. The van der Waals surface area contributed by atoms with Crippen LogP contribution in [0.4, 0.5) is 10.5 Å². The highest BCUT2D eigenvalue weighted by Crippen LogP contribution is 2.35. The number of halogens is 1. The lowest BCUT2D eigenvalue weighted by molar-refractivity contribution is -0.0639. The fraction of sp³-hybridized carbons (Fsp3) is 0.667. The molecule has 1 amide bonds. The molecule has 10 heteroatoms. The van der Waals surface area contributed by atoms with Gasteiger partial charge in [-0.1, -0.05) is 11.6 Å². The summed E-state index contributed by atoms with van der Waals surface area (Å²) >= 11 is 6.21. The van der Waals surface area contributed by atoms with Gasteiger partial charge in [-0.2, -0.15) is 0 Å². The Morgan fingerprint density at radius 3 is 2.53 bits per heavy atom. The molecule has 2 atom stereocenters. The number of likely N-dealkylation sites (tertiary alicyclic amines) is 1. The van der Waals surface area contributed by atoms with Crippen molar-refractivity contribution in [2.45, 2.75) is 63.8 Å². The van der Waals surface area contributed by atoms with Crippen molar-refractivity contribution >= 4 is 29.2 Å². The third-order valence-electron chi connectivity index (χ3n) is 6.00. The van der Waals surface area contributed by atoms with E-state index in [4.69, 9.17) is 37.3 Å². The SMILES string of the molecule is COc1cc(N)c(Cl)cc1C(=O)[C@@]1(N)[C@@H](OC)CCCN1CCCCN(C)C(=O)OC(C)(C)C. The Hall–Kier alpha value is -2.07. The van der Waals surface area contributed by atoms with Crippen molar-refractivity contribution < 1.29 is 23.8 Å². The summed E-state index contributed by atoms with van der Waals surface area (Å²) in [5, 5.41) is 0.259. The molecule has 0 saturated carbocycles. The lowest BCUT2D eigenvalue weighted by Gasteiger charge is -2.47. The molecule has 1 saturated heterocycles. The number of amides is 1. The van der Waals surface area contributed by atoms with Gasteiger partial charge >= 0.3 is 6.09 Å². The maximum absolute atomic E-state index is 13.8. The van der Waals surface area contributed by atoms with Crippen molar-refractivity contribution in [2.75, 3.05) is 46.6 Å². The van der Waals surface area contributed by atoms with E-state index in [9.17, 15) is 9.59 Å². The summed E-state index contributed by atoms with van der Waals surface area (Å²) in [6.45, 7) is 7.25. The van der Waals surface area contributed by atoms with Crippen LogP contribution in [0.15, 0.2) is 12.1 Å². The Bertz CT molecular complexity index is 876. The second-order valence-corrected chi connectivity index (χ2v) is 10.1. The fourth-order valence-corrected chi connectivity index (χ4v) is 4.34. The third-order valence-corrected chi connectivity index (χ3v) is 6.32. The smallest absolute Gasteiger partial charge is 0.410 e. The summed E-state index contributed by atoms with van der Waals surface area (Å²) in [6, 6.07) is 3.03. The second-order valence-electron chi connectivity index (χ2n) is 9.69. The molecule has 1 heterocycles. The fourth-order valence-electron chi connectivity index (χ4n) is 4.17. The van der Waals surface area contributed by atoms with E-state index in [2.05, 4.69) is 0 Å². The highest BCUT2D eigenvalue weighted by Gasteiger charge is 2.50. The molecule has 0 radical (unpaired) electrons. The first-order valence-corrected chi connectivity index (χ1v) is 11.9. The van der Waals surface area contributed by atoms with E-state index in [1.807, 2.05) is 25.7 Å². The van der Waals surface area contributed by atoms with Crippen LogP contribution in [0.2, 0.25) is 5.02 Å². The summed E-state index contributed by atoms with van der Waals surface area (Å²) in [4.78, 5) is 29.5. The molecule has 0 bridgehead atoms. The third kappa shape index (κ3) is 6.53. The molecule has 9 nitrogen and oxygen atoms in total. The quantitative estimate of drug-likeness (QED) is 0.301. The topological polar surface area (TPSA) is 120 Å². The number of piperidine rings is 1. The molecule has 2 rings (SSSR count). The summed E-state index contributed by atoms with van der Waals surface area (Å²) in [5.41, 5.74) is 11.4. The van der Waals surface area contributed by atoms with Crippen molar-refractivity contribution in [1.29, 1.82) is 0 Å². The maximum Gasteiger partial charge on any atom is 0.410 e. The van der Waals surface area contributed by atoms with Crippen LogP contribution < -0.4 is 16.2 Å². The Morgan fingerprint density at radius 1 is 1.26 bits per heavy atom. The Labute approximate surface area is 207 Å². The molecular formula is C24H39ClN4O5. The van der Waals surface area contributed by atoms with Crippen molar-refractivity contribution in [1.82, 2.24) is 9.80 Å². The molecule has 192 valence electrons. The second kappa shape index (κ2) is 11.6. The number of hydrogen-bond acceptors (Lipinski definition) is 8. The minimum atomic E-state index is -1.39. The molecule has 34 heavy (non-hydrogen) atoms. The van der Waals surface area contributed by atoms with Crippen LogP contribution in [-0.2, 0) is 9.47 Å². The van der Waals surface area contributed by atoms with Crippen LogP contribution in [0, 0.1) is 0 Å². The number of unbranched alkanes of at least 4 members (excludes halogenated alkanes) is 1. The van der Waals surface area contributed by atoms with Crippen LogP contribution >= 0.6 is 11.6 Å². The molecule has 0 aliphatic carbocycles. The zero-order chi connectivity index (χ0) is 25.7. The van der Waals surface area contributed by atoms with E-state index in [-0.39, 0.29) is 22.5 Å². The van der Waals surface area contributed by atoms with Gasteiger partial charge < -0.3 is 30.6 Å². The van der Waals surface area contributed by atoms with Crippen LogP contribution in [-0.4, -0.2) is 79.9 Å². The van der Waals surface area contributed by atoms with E-state index in [0.29, 0.717) is 37.5 Å². The maximum atomic E-state index is 13.8. The molecule has 4 N–H and O–H groups in total. The number of benzene rings is 1. The molecule has 1 fully saturated rings. The van der Waals surface area contributed by atoms with Gasteiger partial charge in [0, 0.05) is 39.9 Å². The van der Waals surface area contributed by atoms with Crippen LogP contribution in [0.25, 0.3) is 0 Å². The van der Waals surface area contributed by atoms with Crippen LogP contribution in [0.3, 0.4) is 0 Å². The molecule has 1 aromatic rings. The minimum absolute atomic E-state index is 0.259. The van der Waals surface area contributed by atoms with E-state index in [1.165, 1.54) is 19.2 Å². The number of carbonyl (C=O) groups is 2. The standard InChI is InChI=1S/C24H39ClN4O5/c1-23(2,3)34-22(31)28(4)11-7-8-12-29-13-9-10-20(33-6)24(29,27)21(30)16-14-17(25)18(26)15-19(16)32-5/h14-15,20H,7-13,26-27H2,1-6H3/t20-,24+/m0/s1. The van der Waals surface area contributed by atoms with Gasteiger partial charge in [0.05, 0.1) is 29.5 Å². The molecule has 1 aliphatic heterocycles. The van der Waals surface area contributed by atoms with E-state index in [0.717, 1.165) is 19.3 Å².